The molecule has 0 aromatic carbocycles. The number of likely N-dealkylation sites (N-methyl/N-ethyl adjacent to an activating group) is 1. The first-order valence-corrected chi connectivity index (χ1v) is 7.06. The fraction of sp³-hybridized carbons (Fsp3) is 0.786. The van der Waals surface area contributed by atoms with Gasteiger partial charge in [0.05, 0.1) is 6.20 Å². The van der Waals surface area contributed by atoms with Gasteiger partial charge in [-0.05, 0) is 33.9 Å². The maximum Gasteiger partial charge on any atom is 0.0534 e. The van der Waals surface area contributed by atoms with E-state index in [1.54, 1.807) is 0 Å². The van der Waals surface area contributed by atoms with Crippen molar-refractivity contribution in [1.29, 1.82) is 0 Å². The van der Waals surface area contributed by atoms with Crippen LogP contribution in [0.3, 0.4) is 0 Å². The fourth-order valence-electron chi connectivity index (χ4n) is 2.93. The van der Waals surface area contributed by atoms with Crippen LogP contribution < -0.4 is 5.32 Å². The van der Waals surface area contributed by atoms with E-state index in [9.17, 15) is 0 Å². The van der Waals surface area contributed by atoms with Crippen molar-refractivity contribution < 1.29 is 0 Å². The summed E-state index contributed by atoms with van der Waals surface area (Å²) in [6, 6.07) is 0. The summed E-state index contributed by atoms with van der Waals surface area (Å²) in [5, 5.41) is 7.91. The summed E-state index contributed by atoms with van der Waals surface area (Å²) < 4.78 is 1.98. The molecule has 1 N–H and O–H groups in total. The summed E-state index contributed by atoms with van der Waals surface area (Å²) in [4.78, 5) is 2.41. The van der Waals surface area contributed by atoms with Crippen molar-refractivity contribution in [3.05, 3.63) is 18.0 Å². The Bertz CT molecular complexity index is 364. The molecule has 0 atom stereocenters. The average molecular weight is 250 g/mol. The first-order valence-electron chi connectivity index (χ1n) is 7.06. The summed E-state index contributed by atoms with van der Waals surface area (Å²) in [5.41, 5.74) is 1.66. The van der Waals surface area contributed by atoms with Crippen LogP contribution in [0.25, 0.3) is 0 Å². The van der Waals surface area contributed by atoms with E-state index in [-0.39, 0.29) is 0 Å². The van der Waals surface area contributed by atoms with E-state index in [1.165, 1.54) is 31.2 Å². The van der Waals surface area contributed by atoms with Crippen molar-refractivity contribution in [3.63, 3.8) is 0 Å². The molecule has 0 amide bonds. The van der Waals surface area contributed by atoms with Gasteiger partial charge < -0.3 is 10.2 Å². The molecule has 0 bridgehead atoms. The molecule has 0 unspecified atom stereocenters. The van der Waals surface area contributed by atoms with Gasteiger partial charge in [0, 0.05) is 36.9 Å². The normalized spacial score (nSPS) is 18.7. The molecule has 0 saturated heterocycles. The lowest BCUT2D eigenvalue weighted by molar-refractivity contribution is 0.153. The molecule has 0 radical (unpaired) electrons. The molecule has 1 heterocycles. The van der Waals surface area contributed by atoms with Gasteiger partial charge in [-0.15, -0.1) is 0 Å². The molecule has 102 valence electrons. The van der Waals surface area contributed by atoms with Crippen molar-refractivity contribution in [2.24, 2.45) is 0 Å². The van der Waals surface area contributed by atoms with E-state index < -0.39 is 0 Å². The topological polar surface area (TPSA) is 33.1 Å². The van der Waals surface area contributed by atoms with Crippen LogP contribution in [-0.4, -0.2) is 40.9 Å². The highest BCUT2D eigenvalue weighted by atomic mass is 15.3. The molecule has 1 aliphatic rings. The maximum absolute atomic E-state index is 4.30. The van der Waals surface area contributed by atoms with Crippen LogP contribution in [-0.2, 0) is 13.1 Å². The Morgan fingerprint density at radius 2 is 2.11 bits per heavy atom. The zero-order chi connectivity index (χ0) is 13.0. The Balaban J connectivity index is 1.83. The molecule has 1 aliphatic carbocycles. The molecule has 1 saturated carbocycles. The third-order valence-electron chi connectivity index (χ3n) is 4.28. The SMILES string of the molecule is CCn1cc(CNCC2(N(C)C)CCCC2)cn1. The molecule has 4 nitrogen and oxygen atoms in total. The summed E-state index contributed by atoms with van der Waals surface area (Å²) in [6.45, 7) is 5.07. The van der Waals surface area contributed by atoms with Crippen LogP contribution in [0.5, 0.6) is 0 Å². The smallest absolute Gasteiger partial charge is 0.0534 e. The first kappa shape index (κ1) is 13.6. The summed E-state index contributed by atoms with van der Waals surface area (Å²) >= 11 is 0. The van der Waals surface area contributed by atoms with E-state index in [2.05, 4.69) is 42.5 Å². The summed E-state index contributed by atoms with van der Waals surface area (Å²) in [5.74, 6) is 0. The predicted molar refractivity (Wildman–Crippen MR) is 74.5 cm³/mol. The minimum Gasteiger partial charge on any atom is -0.311 e. The van der Waals surface area contributed by atoms with Gasteiger partial charge in [-0.2, -0.15) is 5.10 Å². The Labute approximate surface area is 110 Å². The third kappa shape index (κ3) is 2.93. The van der Waals surface area contributed by atoms with Gasteiger partial charge in [0.1, 0.15) is 0 Å². The van der Waals surface area contributed by atoms with Crippen LogP contribution in [0.15, 0.2) is 12.4 Å². The van der Waals surface area contributed by atoms with Gasteiger partial charge in [0.25, 0.3) is 0 Å². The number of hydrogen-bond donors (Lipinski definition) is 1. The quantitative estimate of drug-likeness (QED) is 0.836. The number of aromatic nitrogens is 2. The molecular formula is C14H26N4. The second-order valence-corrected chi connectivity index (χ2v) is 5.63. The summed E-state index contributed by atoms with van der Waals surface area (Å²) in [7, 11) is 4.42. The van der Waals surface area contributed by atoms with Gasteiger partial charge >= 0.3 is 0 Å². The van der Waals surface area contributed by atoms with Crippen LogP contribution in [0, 0.1) is 0 Å². The van der Waals surface area contributed by atoms with E-state index in [0.717, 1.165) is 19.6 Å². The van der Waals surface area contributed by atoms with Crippen LogP contribution in [0.1, 0.15) is 38.2 Å². The van der Waals surface area contributed by atoms with E-state index in [0.29, 0.717) is 5.54 Å². The number of rotatable bonds is 6. The van der Waals surface area contributed by atoms with Gasteiger partial charge in [-0.3, -0.25) is 4.68 Å². The number of nitrogens with one attached hydrogen (secondary N) is 1. The minimum atomic E-state index is 0.376. The van der Waals surface area contributed by atoms with Gasteiger partial charge in [0.15, 0.2) is 0 Å². The monoisotopic (exact) mass is 250 g/mol. The molecule has 1 aromatic rings. The largest absolute Gasteiger partial charge is 0.311 e. The standard InChI is InChI=1S/C14H26N4/c1-4-18-11-13(10-16-18)9-15-12-14(17(2)3)7-5-6-8-14/h10-11,15H,4-9,12H2,1-3H3. The van der Waals surface area contributed by atoms with Crippen molar-refractivity contribution in [3.8, 4) is 0 Å². The Morgan fingerprint density at radius 1 is 1.39 bits per heavy atom. The lowest BCUT2D eigenvalue weighted by Crippen LogP contribution is -2.49. The van der Waals surface area contributed by atoms with Crippen molar-refractivity contribution in [2.45, 2.75) is 51.2 Å². The van der Waals surface area contributed by atoms with Gasteiger partial charge in [0.2, 0.25) is 0 Å². The number of aryl methyl sites for hydroxylation is 1. The molecule has 18 heavy (non-hydrogen) atoms. The zero-order valence-corrected chi connectivity index (χ0v) is 11.9. The second-order valence-electron chi connectivity index (χ2n) is 5.63. The molecular weight excluding hydrogens is 224 g/mol. The van der Waals surface area contributed by atoms with Crippen molar-refractivity contribution in [2.75, 3.05) is 20.6 Å². The average Bonchev–Trinajstić information content (AvgIpc) is 2.98. The minimum absolute atomic E-state index is 0.376. The number of nitrogens with zero attached hydrogens (tertiary/aromatic N) is 3. The van der Waals surface area contributed by atoms with Gasteiger partial charge in [-0.25, -0.2) is 0 Å². The third-order valence-corrected chi connectivity index (χ3v) is 4.28. The van der Waals surface area contributed by atoms with Crippen LogP contribution in [0.4, 0.5) is 0 Å². The lowest BCUT2D eigenvalue weighted by atomic mass is 9.96. The first-order chi connectivity index (χ1) is 8.66. The maximum atomic E-state index is 4.30. The molecule has 1 aromatic heterocycles. The molecule has 0 aliphatic heterocycles. The van der Waals surface area contributed by atoms with Gasteiger partial charge in [-0.1, -0.05) is 12.8 Å². The highest BCUT2D eigenvalue weighted by Crippen LogP contribution is 2.33. The molecule has 0 spiro atoms. The van der Waals surface area contributed by atoms with E-state index in [4.69, 9.17) is 0 Å². The van der Waals surface area contributed by atoms with Crippen LogP contribution >= 0.6 is 0 Å². The van der Waals surface area contributed by atoms with Crippen LogP contribution in [0.2, 0.25) is 0 Å². The van der Waals surface area contributed by atoms with Crippen molar-refractivity contribution in [1.82, 2.24) is 20.0 Å². The zero-order valence-electron chi connectivity index (χ0n) is 11.9. The highest BCUT2D eigenvalue weighted by Gasteiger charge is 2.35. The second kappa shape index (κ2) is 5.85. The Kier molecular flexibility index (Phi) is 4.40. The predicted octanol–water partition coefficient (Wildman–Crippen LogP) is 1.87. The van der Waals surface area contributed by atoms with E-state index >= 15 is 0 Å². The van der Waals surface area contributed by atoms with E-state index in [1.807, 2.05) is 10.9 Å². The molecule has 1 fully saturated rings. The molecule has 2 rings (SSSR count). The number of hydrogen-bond acceptors (Lipinski definition) is 3. The highest BCUT2D eigenvalue weighted by molar-refractivity contribution is 5.04. The Morgan fingerprint density at radius 3 is 2.67 bits per heavy atom. The summed E-state index contributed by atoms with van der Waals surface area (Å²) in [6.07, 6.45) is 9.47. The lowest BCUT2D eigenvalue weighted by Gasteiger charge is -2.36. The fourth-order valence-corrected chi connectivity index (χ4v) is 2.93. The molecule has 4 heteroatoms. The van der Waals surface area contributed by atoms with Crippen molar-refractivity contribution >= 4 is 0 Å². The Hall–Kier alpha value is -0.870.